The maximum absolute atomic E-state index is 11.1. The molecule has 0 aromatic rings. The number of rotatable bonds is 7. The Labute approximate surface area is 110 Å². The number of amides is 2. The van der Waals surface area contributed by atoms with Crippen LogP contribution in [0.25, 0.3) is 0 Å². The van der Waals surface area contributed by atoms with Crippen molar-refractivity contribution in [1.82, 2.24) is 10.6 Å². The van der Waals surface area contributed by atoms with Gasteiger partial charge in [0.2, 0.25) is 11.8 Å². The molecule has 0 aliphatic rings. The topological polar surface area (TPSA) is 84.5 Å². The second-order valence-electron chi connectivity index (χ2n) is 2.87. The van der Waals surface area contributed by atoms with Crippen LogP contribution in [0.15, 0.2) is 24.8 Å². The minimum Gasteiger partial charge on any atom is -0.463 e. The predicted molar refractivity (Wildman–Crippen MR) is 72.9 cm³/mol. The highest BCUT2D eigenvalue weighted by atomic mass is 16.5. The van der Waals surface area contributed by atoms with Gasteiger partial charge in [-0.15, -0.1) is 0 Å². The second-order valence-corrected chi connectivity index (χ2v) is 2.87. The zero-order chi connectivity index (χ0) is 13.1. The van der Waals surface area contributed by atoms with Gasteiger partial charge in [-0.25, -0.2) is 4.79 Å². The van der Waals surface area contributed by atoms with E-state index in [9.17, 15) is 14.4 Å². The standard InChI is InChI=1S/C11H16N2O4.CH4.2H2/c1-3-9(14)12-7-8-13-10(15)5-6-11(16)17-4-2;;;/h3,5-6H,1,4,7-8H2,2H3,(H,12,14)(H,13,15);1H4;2*1H/b6-5+;;;. The number of carbonyl (C=O) groups is 3. The summed E-state index contributed by atoms with van der Waals surface area (Å²) in [5.74, 6) is -1.30. The third-order valence-corrected chi connectivity index (χ3v) is 1.57. The van der Waals surface area contributed by atoms with Gasteiger partial charge in [-0.05, 0) is 13.0 Å². The molecule has 2 N–H and O–H groups in total. The lowest BCUT2D eigenvalue weighted by atomic mass is 10.4. The largest absolute Gasteiger partial charge is 0.463 e. The van der Waals surface area contributed by atoms with E-state index in [4.69, 9.17) is 0 Å². The normalized spacial score (nSPS) is 9.17. The Morgan fingerprint density at radius 3 is 2.22 bits per heavy atom. The molecular weight excluding hydrogens is 236 g/mol. The summed E-state index contributed by atoms with van der Waals surface area (Å²) in [5, 5.41) is 4.96. The highest BCUT2D eigenvalue weighted by Crippen LogP contribution is 1.81. The molecule has 0 radical (unpaired) electrons. The average molecular weight is 260 g/mol. The van der Waals surface area contributed by atoms with Crippen molar-refractivity contribution in [3.8, 4) is 0 Å². The quantitative estimate of drug-likeness (QED) is 0.400. The lowest BCUT2D eigenvalue weighted by Gasteiger charge is -2.02. The molecule has 0 bridgehead atoms. The van der Waals surface area contributed by atoms with Crippen LogP contribution in [0, 0.1) is 0 Å². The molecule has 0 unspecified atom stereocenters. The summed E-state index contributed by atoms with van der Waals surface area (Å²) >= 11 is 0. The van der Waals surface area contributed by atoms with E-state index in [0.717, 1.165) is 18.2 Å². The van der Waals surface area contributed by atoms with Crippen LogP contribution in [-0.4, -0.2) is 37.5 Å². The van der Waals surface area contributed by atoms with Gasteiger partial charge in [0.1, 0.15) is 0 Å². The number of carbonyl (C=O) groups excluding carboxylic acids is 3. The monoisotopic (exact) mass is 260 g/mol. The second kappa shape index (κ2) is 11.4. The molecule has 0 aliphatic heterocycles. The van der Waals surface area contributed by atoms with E-state index < -0.39 is 11.9 Å². The van der Waals surface area contributed by atoms with Crippen LogP contribution in [-0.2, 0) is 19.1 Å². The Kier molecular flexibility index (Phi) is 11.5. The molecule has 6 heteroatoms. The fraction of sp³-hybridized carbons (Fsp3) is 0.417. The molecular formula is C12H24N2O4. The van der Waals surface area contributed by atoms with Crippen LogP contribution in [0.1, 0.15) is 17.2 Å². The molecule has 0 aliphatic carbocycles. The third kappa shape index (κ3) is 10.4. The van der Waals surface area contributed by atoms with Gasteiger partial charge in [0.05, 0.1) is 6.61 Å². The highest BCUT2D eigenvalue weighted by Gasteiger charge is 1.98. The first-order valence-corrected chi connectivity index (χ1v) is 5.13. The summed E-state index contributed by atoms with van der Waals surface area (Å²) < 4.78 is 4.59. The van der Waals surface area contributed by atoms with Crippen molar-refractivity contribution in [1.29, 1.82) is 0 Å². The van der Waals surface area contributed by atoms with E-state index in [2.05, 4.69) is 21.9 Å². The van der Waals surface area contributed by atoms with Gasteiger partial charge in [-0.2, -0.15) is 0 Å². The number of nitrogens with one attached hydrogen (secondary N) is 2. The molecule has 0 rings (SSSR count). The van der Waals surface area contributed by atoms with Gasteiger partial charge in [0.25, 0.3) is 0 Å². The van der Waals surface area contributed by atoms with Crippen molar-refractivity contribution in [2.45, 2.75) is 14.4 Å². The van der Waals surface area contributed by atoms with Crippen LogP contribution in [0.3, 0.4) is 0 Å². The molecule has 0 heterocycles. The molecule has 18 heavy (non-hydrogen) atoms. The average Bonchev–Trinajstić information content (AvgIpc) is 2.32. The fourth-order valence-electron chi connectivity index (χ4n) is 0.837. The van der Waals surface area contributed by atoms with Crippen molar-refractivity contribution in [3.63, 3.8) is 0 Å². The molecule has 0 aromatic carbocycles. The van der Waals surface area contributed by atoms with Crippen molar-refractivity contribution in [2.75, 3.05) is 19.7 Å². The van der Waals surface area contributed by atoms with E-state index in [0.29, 0.717) is 6.54 Å². The molecule has 0 atom stereocenters. The summed E-state index contributed by atoms with van der Waals surface area (Å²) in [7, 11) is 0. The van der Waals surface area contributed by atoms with Crippen LogP contribution in [0.4, 0.5) is 0 Å². The van der Waals surface area contributed by atoms with E-state index >= 15 is 0 Å². The summed E-state index contributed by atoms with van der Waals surface area (Å²) in [6, 6.07) is 0. The Hall–Kier alpha value is -2.11. The van der Waals surface area contributed by atoms with Crippen LogP contribution >= 0.6 is 0 Å². The van der Waals surface area contributed by atoms with Crippen LogP contribution in [0.5, 0.6) is 0 Å². The zero-order valence-corrected chi connectivity index (χ0v) is 9.69. The minimum atomic E-state index is -0.567. The fourth-order valence-corrected chi connectivity index (χ4v) is 0.837. The predicted octanol–water partition coefficient (Wildman–Crippen LogP) is 0.652. The smallest absolute Gasteiger partial charge is 0.330 e. The van der Waals surface area contributed by atoms with E-state index in [1.165, 1.54) is 0 Å². The Bertz CT molecular complexity index is 333. The van der Waals surface area contributed by atoms with Crippen molar-refractivity contribution >= 4 is 17.8 Å². The Morgan fingerprint density at radius 2 is 1.72 bits per heavy atom. The maximum Gasteiger partial charge on any atom is 0.330 e. The maximum atomic E-state index is 11.1. The van der Waals surface area contributed by atoms with Gasteiger partial charge in [-0.3, -0.25) is 9.59 Å². The molecule has 2 amide bonds. The molecule has 0 aromatic heterocycles. The van der Waals surface area contributed by atoms with Gasteiger partial charge in [0, 0.05) is 28.1 Å². The molecule has 0 saturated heterocycles. The van der Waals surface area contributed by atoms with Crippen molar-refractivity contribution < 1.29 is 22.0 Å². The van der Waals surface area contributed by atoms with Gasteiger partial charge in [0.15, 0.2) is 0 Å². The van der Waals surface area contributed by atoms with Crippen LogP contribution < -0.4 is 10.6 Å². The van der Waals surface area contributed by atoms with Gasteiger partial charge >= 0.3 is 5.97 Å². The van der Waals surface area contributed by atoms with E-state index in [1.807, 2.05) is 0 Å². The number of hydrogen-bond acceptors (Lipinski definition) is 4. The number of esters is 1. The number of hydrogen-bond donors (Lipinski definition) is 2. The van der Waals surface area contributed by atoms with E-state index in [-0.39, 0.29) is 29.3 Å². The first-order chi connectivity index (χ1) is 8.10. The summed E-state index contributed by atoms with van der Waals surface area (Å²) in [6.45, 7) is 5.78. The first kappa shape index (κ1) is 18.3. The molecule has 6 nitrogen and oxygen atoms in total. The highest BCUT2D eigenvalue weighted by molar-refractivity contribution is 5.94. The minimum absolute atomic E-state index is 0. The molecule has 106 valence electrons. The molecule has 0 spiro atoms. The zero-order valence-electron chi connectivity index (χ0n) is 9.69. The van der Waals surface area contributed by atoms with Gasteiger partial charge < -0.3 is 15.4 Å². The molecule has 0 fully saturated rings. The Morgan fingerprint density at radius 1 is 1.17 bits per heavy atom. The Balaban J connectivity index is -0.000000427. The first-order valence-electron chi connectivity index (χ1n) is 5.13. The number of ether oxygens (including phenoxy) is 1. The third-order valence-electron chi connectivity index (χ3n) is 1.57. The summed E-state index contributed by atoms with van der Waals surface area (Å²) in [5.41, 5.74) is 0. The van der Waals surface area contributed by atoms with Crippen molar-refractivity contribution in [2.24, 2.45) is 0 Å². The summed E-state index contributed by atoms with van der Waals surface area (Å²) in [6.07, 6.45) is 3.26. The summed E-state index contributed by atoms with van der Waals surface area (Å²) in [4.78, 5) is 32.7. The van der Waals surface area contributed by atoms with E-state index in [1.54, 1.807) is 6.92 Å². The lowest BCUT2D eigenvalue weighted by Crippen LogP contribution is -2.33. The lowest BCUT2D eigenvalue weighted by molar-refractivity contribution is -0.137. The van der Waals surface area contributed by atoms with Crippen molar-refractivity contribution in [3.05, 3.63) is 24.8 Å². The SMILES string of the molecule is C.C=CC(=O)NCCNC(=O)/C=C/C(=O)OCC.[HH].[HH]. The van der Waals surface area contributed by atoms with Gasteiger partial charge in [-0.1, -0.05) is 14.0 Å². The molecule has 0 saturated carbocycles. The van der Waals surface area contributed by atoms with Crippen LogP contribution in [0.2, 0.25) is 0 Å².